The van der Waals surface area contributed by atoms with Crippen molar-refractivity contribution in [2.24, 2.45) is 5.92 Å². The van der Waals surface area contributed by atoms with Crippen molar-refractivity contribution in [2.75, 3.05) is 0 Å². The van der Waals surface area contributed by atoms with E-state index in [0.29, 0.717) is 0 Å². The first-order valence-electron chi connectivity index (χ1n) is 7.65. The summed E-state index contributed by atoms with van der Waals surface area (Å²) < 4.78 is 31.1. The van der Waals surface area contributed by atoms with Gasteiger partial charge in [0.1, 0.15) is 11.6 Å². The van der Waals surface area contributed by atoms with Crippen molar-refractivity contribution in [1.29, 1.82) is 0 Å². The van der Waals surface area contributed by atoms with E-state index in [1.807, 2.05) is 13.8 Å². The number of nitrogens with zero attached hydrogens (tertiary/aromatic N) is 4. The number of hydrogen-bond acceptors (Lipinski definition) is 3. The molecule has 0 spiro atoms. The Kier molecular flexibility index (Phi) is 4.67. The molecule has 0 N–H and O–H groups in total. The van der Waals surface area contributed by atoms with Gasteiger partial charge in [-0.25, -0.2) is 18.4 Å². The quantitative estimate of drug-likeness (QED) is 0.709. The van der Waals surface area contributed by atoms with Crippen molar-refractivity contribution in [1.82, 2.24) is 19.3 Å². The lowest BCUT2D eigenvalue weighted by Crippen LogP contribution is -2.30. The van der Waals surface area contributed by atoms with E-state index in [2.05, 4.69) is 10.1 Å². The van der Waals surface area contributed by atoms with Gasteiger partial charge in [0, 0.05) is 18.9 Å². The van der Waals surface area contributed by atoms with E-state index in [9.17, 15) is 13.6 Å². The summed E-state index contributed by atoms with van der Waals surface area (Å²) in [5.74, 6) is -1.62. The van der Waals surface area contributed by atoms with Gasteiger partial charge in [-0.2, -0.15) is 5.10 Å². The zero-order chi connectivity index (χ0) is 18.1. The van der Waals surface area contributed by atoms with E-state index in [4.69, 9.17) is 11.6 Å². The van der Waals surface area contributed by atoms with Gasteiger partial charge in [-0.15, -0.1) is 0 Å². The summed E-state index contributed by atoms with van der Waals surface area (Å²) >= 11 is 6.24. The highest BCUT2D eigenvalue weighted by Gasteiger charge is 2.23. The summed E-state index contributed by atoms with van der Waals surface area (Å²) in [6, 6.07) is 5.10. The summed E-state index contributed by atoms with van der Waals surface area (Å²) in [5, 5.41) is 3.81. The molecule has 0 unspecified atom stereocenters. The Morgan fingerprint density at radius 1 is 1.20 bits per heavy atom. The zero-order valence-corrected chi connectivity index (χ0v) is 14.3. The van der Waals surface area contributed by atoms with Crippen LogP contribution in [0.4, 0.5) is 8.78 Å². The van der Waals surface area contributed by atoms with Crippen molar-refractivity contribution in [3.05, 3.63) is 63.8 Å². The van der Waals surface area contributed by atoms with Crippen molar-refractivity contribution in [3.8, 4) is 17.1 Å². The van der Waals surface area contributed by atoms with Crippen LogP contribution in [0.3, 0.4) is 0 Å². The highest BCUT2D eigenvalue weighted by atomic mass is 35.5. The standard InChI is InChI=1S/C17H15ClF2N4O/c1-10(2)9-23-14(13-11(19)5-3-6-12(13)20)15(18)22-16(17(23)25)24-8-4-7-21-24/h3-8,10H,9H2,1-2H3. The van der Waals surface area contributed by atoms with Crippen LogP contribution in [0.2, 0.25) is 5.15 Å². The number of aromatic nitrogens is 4. The Morgan fingerprint density at radius 2 is 1.88 bits per heavy atom. The average molecular weight is 365 g/mol. The molecule has 0 aliphatic rings. The summed E-state index contributed by atoms with van der Waals surface area (Å²) in [5.41, 5.74) is -0.976. The lowest BCUT2D eigenvalue weighted by atomic mass is 10.1. The molecule has 25 heavy (non-hydrogen) atoms. The Hall–Kier alpha value is -2.54. The van der Waals surface area contributed by atoms with Gasteiger partial charge in [-0.1, -0.05) is 31.5 Å². The molecule has 3 rings (SSSR count). The van der Waals surface area contributed by atoms with E-state index in [1.165, 1.54) is 21.5 Å². The van der Waals surface area contributed by atoms with Crippen LogP contribution < -0.4 is 5.56 Å². The monoisotopic (exact) mass is 364 g/mol. The van der Waals surface area contributed by atoms with E-state index < -0.39 is 17.2 Å². The Morgan fingerprint density at radius 3 is 2.44 bits per heavy atom. The van der Waals surface area contributed by atoms with Gasteiger partial charge in [0.2, 0.25) is 5.82 Å². The molecular formula is C17H15ClF2N4O. The molecule has 0 bridgehead atoms. The van der Waals surface area contributed by atoms with Crippen LogP contribution in [0, 0.1) is 17.6 Å². The van der Waals surface area contributed by atoms with Crippen LogP contribution in [0.5, 0.6) is 0 Å². The van der Waals surface area contributed by atoms with Crippen LogP contribution in [0.15, 0.2) is 41.5 Å². The second kappa shape index (κ2) is 6.76. The zero-order valence-electron chi connectivity index (χ0n) is 13.6. The largest absolute Gasteiger partial charge is 0.302 e. The molecule has 0 fully saturated rings. The minimum absolute atomic E-state index is 0.0313. The first-order chi connectivity index (χ1) is 11.9. The topological polar surface area (TPSA) is 52.7 Å². The second-order valence-corrected chi connectivity index (χ2v) is 6.29. The number of benzene rings is 1. The highest BCUT2D eigenvalue weighted by Crippen LogP contribution is 2.31. The summed E-state index contributed by atoms with van der Waals surface area (Å²) in [6.45, 7) is 3.99. The van der Waals surface area contributed by atoms with Gasteiger partial charge < -0.3 is 4.57 Å². The average Bonchev–Trinajstić information content (AvgIpc) is 3.06. The van der Waals surface area contributed by atoms with E-state index >= 15 is 0 Å². The van der Waals surface area contributed by atoms with Crippen LogP contribution >= 0.6 is 11.6 Å². The predicted molar refractivity (Wildman–Crippen MR) is 90.8 cm³/mol. The van der Waals surface area contributed by atoms with Crippen molar-refractivity contribution in [2.45, 2.75) is 20.4 Å². The molecule has 0 atom stereocenters. The van der Waals surface area contributed by atoms with Gasteiger partial charge in [0.05, 0.1) is 11.3 Å². The fourth-order valence-corrected chi connectivity index (χ4v) is 2.85. The SMILES string of the molecule is CC(C)Cn1c(-c2c(F)cccc2F)c(Cl)nc(-n2cccn2)c1=O. The maximum atomic E-state index is 14.3. The molecule has 2 heterocycles. The van der Waals surface area contributed by atoms with Crippen LogP contribution in [-0.2, 0) is 6.54 Å². The minimum atomic E-state index is -0.813. The van der Waals surface area contributed by atoms with Gasteiger partial charge in [-0.3, -0.25) is 4.79 Å². The third-order valence-electron chi connectivity index (χ3n) is 3.57. The molecule has 5 nitrogen and oxygen atoms in total. The number of halogens is 3. The Labute approximate surface area is 147 Å². The predicted octanol–water partition coefficient (Wildman–Crippen LogP) is 3.68. The number of rotatable bonds is 4. The molecular weight excluding hydrogens is 350 g/mol. The van der Waals surface area contributed by atoms with Gasteiger partial charge in [0.15, 0.2) is 5.15 Å². The Bertz CT molecular complexity index is 947. The maximum Gasteiger partial charge on any atom is 0.296 e. The minimum Gasteiger partial charge on any atom is -0.302 e. The summed E-state index contributed by atoms with van der Waals surface area (Å²) in [6.07, 6.45) is 3.04. The lowest BCUT2D eigenvalue weighted by Gasteiger charge is -2.18. The highest BCUT2D eigenvalue weighted by molar-refractivity contribution is 6.31. The molecule has 130 valence electrons. The molecule has 0 amide bonds. The van der Waals surface area contributed by atoms with E-state index in [1.54, 1.807) is 12.3 Å². The number of hydrogen-bond donors (Lipinski definition) is 0. The Balaban J connectivity index is 2.36. The molecule has 2 aromatic heterocycles. The van der Waals surface area contributed by atoms with Crippen LogP contribution in [-0.4, -0.2) is 19.3 Å². The third-order valence-corrected chi connectivity index (χ3v) is 3.84. The third kappa shape index (κ3) is 3.19. The van der Waals surface area contributed by atoms with E-state index in [0.717, 1.165) is 12.1 Å². The first-order valence-corrected chi connectivity index (χ1v) is 8.02. The van der Waals surface area contributed by atoms with Crippen molar-refractivity contribution in [3.63, 3.8) is 0 Å². The van der Waals surface area contributed by atoms with Gasteiger partial charge in [-0.05, 0) is 24.1 Å². The molecule has 1 aromatic carbocycles. The molecule has 0 saturated heterocycles. The molecule has 3 aromatic rings. The maximum absolute atomic E-state index is 14.3. The van der Waals surface area contributed by atoms with Gasteiger partial charge in [0.25, 0.3) is 5.56 Å². The fraction of sp³-hybridized carbons (Fsp3) is 0.235. The van der Waals surface area contributed by atoms with Crippen LogP contribution in [0.25, 0.3) is 17.1 Å². The summed E-state index contributed by atoms with van der Waals surface area (Å²) in [4.78, 5) is 16.9. The van der Waals surface area contributed by atoms with Crippen molar-refractivity contribution >= 4 is 11.6 Å². The summed E-state index contributed by atoms with van der Waals surface area (Å²) in [7, 11) is 0. The molecule has 0 aliphatic carbocycles. The van der Waals surface area contributed by atoms with Crippen molar-refractivity contribution < 1.29 is 8.78 Å². The lowest BCUT2D eigenvalue weighted by molar-refractivity contribution is 0.506. The second-order valence-electron chi connectivity index (χ2n) is 5.93. The first kappa shape index (κ1) is 17.3. The molecule has 8 heteroatoms. The van der Waals surface area contributed by atoms with Crippen LogP contribution in [0.1, 0.15) is 13.8 Å². The fourth-order valence-electron chi connectivity index (χ4n) is 2.57. The smallest absolute Gasteiger partial charge is 0.296 e. The molecule has 0 aliphatic heterocycles. The van der Waals surface area contributed by atoms with E-state index in [-0.39, 0.29) is 34.7 Å². The molecule has 0 radical (unpaired) electrons. The van der Waals surface area contributed by atoms with Gasteiger partial charge >= 0.3 is 0 Å². The molecule has 0 saturated carbocycles. The normalized spacial score (nSPS) is 11.3.